The van der Waals surface area contributed by atoms with Crippen LogP contribution in [-0.4, -0.2) is 16.5 Å². The fourth-order valence-corrected chi connectivity index (χ4v) is 2.80. The number of aryl methyl sites for hydroxylation is 2. The van der Waals surface area contributed by atoms with E-state index in [1.54, 1.807) is 12.1 Å². The van der Waals surface area contributed by atoms with Gasteiger partial charge in [0.15, 0.2) is 0 Å². The number of nitrogens with zero attached hydrogens (tertiary/aromatic N) is 2. The molecule has 0 bridgehead atoms. The fourth-order valence-electron chi connectivity index (χ4n) is 2.80. The van der Waals surface area contributed by atoms with Crippen molar-refractivity contribution in [1.82, 2.24) is 9.97 Å². The highest BCUT2D eigenvalue weighted by molar-refractivity contribution is 5.62. The number of hydrogen-bond acceptors (Lipinski definition) is 4. The van der Waals surface area contributed by atoms with Gasteiger partial charge in [-0.3, -0.25) is 0 Å². The predicted molar refractivity (Wildman–Crippen MR) is 104 cm³/mol. The molecule has 3 rings (SSSR count). The van der Waals surface area contributed by atoms with Crippen LogP contribution >= 0.6 is 0 Å². The Morgan fingerprint density at radius 2 is 1.69 bits per heavy atom. The molecule has 0 atom stereocenters. The van der Waals surface area contributed by atoms with Crippen LogP contribution in [0.3, 0.4) is 0 Å². The van der Waals surface area contributed by atoms with Crippen LogP contribution in [0.1, 0.15) is 23.9 Å². The SMILES string of the molecule is CCc1ccccc1Nc1cc(NCCc2ccc(F)cc2)nc(C)n1. The lowest BCUT2D eigenvalue weighted by Gasteiger charge is -2.12. The molecule has 4 nitrogen and oxygen atoms in total. The Morgan fingerprint density at radius 3 is 2.46 bits per heavy atom. The van der Waals surface area contributed by atoms with Crippen molar-refractivity contribution < 1.29 is 4.39 Å². The van der Waals surface area contributed by atoms with Crippen LogP contribution in [0.15, 0.2) is 54.6 Å². The summed E-state index contributed by atoms with van der Waals surface area (Å²) in [6, 6.07) is 16.7. The van der Waals surface area contributed by atoms with Crippen LogP contribution in [0, 0.1) is 12.7 Å². The molecule has 1 aromatic heterocycles. The zero-order chi connectivity index (χ0) is 18.4. The van der Waals surface area contributed by atoms with Crippen molar-refractivity contribution in [3.8, 4) is 0 Å². The lowest BCUT2D eigenvalue weighted by atomic mass is 10.1. The van der Waals surface area contributed by atoms with Crippen molar-refractivity contribution in [2.75, 3.05) is 17.2 Å². The summed E-state index contributed by atoms with van der Waals surface area (Å²) >= 11 is 0. The summed E-state index contributed by atoms with van der Waals surface area (Å²) in [6.07, 6.45) is 1.75. The van der Waals surface area contributed by atoms with Gasteiger partial charge in [0.2, 0.25) is 0 Å². The van der Waals surface area contributed by atoms with Crippen LogP contribution in [0.4, 0.5) is 21.7 Å². The Bertz CT molecular complexity index is 862. The van der Waals surface area contributed by atoms with E-state index in [-0.39, 0.29) is 5.82 Å². The maximum atomic E-state index is 13.0. The second-order valence-corrected chi connectivity index (χ2v) is 6.12. The van der Waals surface area contributed by atoms with Gasteiger partial charge in [-0.15, -0.1) is 0 Å². The van der Waals surface area contributed by atoms with Gasteiger partial charge in [0.25, 0.3) is 0 Å². The van der Waals surface area contributed by atoms with Crippen molar-refractivity contribution in [3.05, 3.63) is 77.4 Å². The summed E-state index contributed by atoms with van der Waals surface area (Å²) in [7, 11) is 0. The van der Waals surface area contributed by atoms with Crippen molar-refractivity contribution >= 4 is 17.3 Å². The third-order valence-corrected chi connectivity index (χ3v) is 4.13. The fraction of sp³-hybridized carbons (Fsp3) is 0.238. The number of para-hydroxylation sites is 1. The molecule has 5 heteroatoms. The zero-order valence-corrected chi connectivity index (χ0v) is 15.1. The molecule has 0 aliphatic heterocycles. The van der Waals surface area contributed by atoms with Gasteiger partial charge in [0, 0.05) is 18.3 Å². The molecular formula is C21H23FN4. The van der Waals surface area contributed by atoms with E-state index in [2.05, 4.69) is 39.7 Å². The summed E-state index contributed by atoms with van der Waals surface area (Å²) in [6.45, 7) is 4.73. The maximum absolute atomic E-state index is 13.0. The van der Waals surface area contributed by atoms with E-state index in [1.165, 1.54) is 17.7 Å². The molecule has 0 fully saturated rings. The number of halogens is 1. The Hall–Kier alpha value is -2.95. The predicted octanol–water partition coefficient (Wildman–Crippen LogP) is 4.88. The highest BCUT2D eigenvalue weighted by Crippen LogP contribution is 2.21. The van der Waals surface area contributed by atoms with Gasteiger partial charge in [0.1, 0.15) is 23.3 Å². The molecule has 0 spiro atoms. The van der Waals surface area contributed by atoms with Crippen LogP contribution in [0.5, 0.6) is 0 Å². The summed E-state index contributed by atoms with van der Waals surface area (Å²) in [5.74, 6) is 2.03. The van der Waals surface area contributed by atoms with E-state index in [4.69, 9.17) is 0 Å². The van der Waals surface area contributed by atoms with Crippen LogP contribution in [0.2, 0.25) is 0 Å². The monoisotopic (exact) mass is 350 g/mol. The van der Waals surface area contributed by atoms with Crippen LogP contribution in [-0.2, 0) is 12.8 Å². The van der Waals surface area contributed by atoms with E-state index >= 15 is 0 Å². The first-order valence-electron chi connectivity index (χ1n) is 8.83. The average molecular weight is 350 g/mol. The Labute approximate surface area is 153 Å². The zero-order valence-electron chi connectivity index (χ0n) is 15.1. The highest BCUT2D eigenvalue weighted by Gasteiger charge is 2.05. The van der Waals surface area contributed by atoms with Gasteiger partial charge in [-0.05, 0) is 49.1 Å². The third kappa shape index (κ3) is 4.79. The number of nitrogens with one attached hydrogen (secondary N) is 2. The second kappa shape index (κ2) is 8.43. The number of hydrogen-bond donors (Lipinski definition) is 2. The molecule has 2 N–H and O–H groups in total. The first-order valence-corrected chi connectivity index (χ1v) is 8.83. The molecule has 0 saturated carbocycles. The van der Waals surface area contributed by atoms with Gasteiger partial charge >= 0.3 is 0 Å². The molecule has 0 aliphatic rings. The molecule has 3 aromatic rings. The normalized spacial score (nSPS) is 10.6. The molecule has 0 amide bonds. The summed E-state index contributed by atoms with van der Waals surface area (Å²) in [5.41, 5.74) is 3.39. The second-order valence-electron chi connectivity index (χ2n) is 6.12. The Morgan fingerprint density at radius 1 is 0.962 bits per heavy atom. The first-order chi connectivity index (χ1) is 12.6. The molecule has 0 radical (unpaired) electrons. The van der Waals surface area contributed by atoms with Gasteiger partial charge in [-0.25, -0.2) is 14.4 Å². The minimum atomic E-state index is -0.212. The van der Waals surface area contributed by atoms with Gasteiger partial charge in [-0.2, -0.15) is 0 Å². The topological polar surface area (TPSA) is 49.8 Å². The number of rotatable bonds is 7. The lowest BCUT2D eigenvalue weighted by Crippen LogP contribution is -2.08. The quantitative estimate of drug-likeness (QED) is 0.637. The van der Waals surface area contributed by atoms with Gasteiger partial charge in [0.05, 0.1) is 0 Å². The minimum Gasteiger partial charge on any atom is -0.370 e. The van der Waals surface area contributed by atoms with Gasteiger partial charge < -0.3 is 10.6 Å². The van der Waals surface area contributed by atoms with E-state index in [0.717, 1.165) is 35.7 Å². The van der Waals surface area contributed by atoms with E-state index in [0.29, 0.717) is 12.4 Å². The standard InChI is InChI=1S/C21H23FN4/c1-3-17-6-4-5-7-19(17)26-21-14-20(24-15(2)25-21)23-13-12-16-8-10-18(22)11-9-16/h4-11,14H,3,12-13H2,1-2H3,(H2,23,24,25,26). The van der Waals surface area contributed by atoms with E-state index in [1.807, 2.05) is 25.1 Å². The molecule has 0 saturated heterocycles. The summed E-state index contributed by atoms with van der Waals surface area (Å²) in [5, 5.41) is 6.70. The first kappa shape index (κ1) is 17.9. The van der Waals surface area contributed by atoms with Crippen molar-refractivity contribution in [2.45, 2.75) is 26.7 Å². The molecule has 26 heavy (non-hydrogen) atoms. The van der Waals surface area contributed by atoms with Gasteiger partial charge in [-0.1, -0.05) is 37.3 Å². The number of anilines is 3. The molecule has 2 aromatic carbocycles. The lowest BCUT2D eigenvalue weighted by molar-refractivity contribution is 0.627. The van der Waals surface area contributed by atoms with Crippen LogP contribution in [0.25, 0.3) is 0 Å². The van der Waals surface area contributed by atoms with Crippen molar-refractivity contribution in [3.63, 3.8) is 0 Å². The maximum Gasteiger partial charge on any atom is 0.136 e. The summed E-state index contributed by atoms with van der Waals surface area (Å²) in [4.78, 5) is 8.92. The van der Waals surface area contributed by atoms with Crippen molar-refractivity contribution in [1.29, 1.82) is 0 Å². The summed E-state index contributed by atoms with van der Waals surface area (Å²) < 4.78 is 13.0. The molecular weight excluding hydrogens is 327 g/mol. The molecule has 1 heterocycles. The smallest absolute Gasteiger partial charge is 0.136 e. The van der Waals surface area contributed by atoms with Crippen molar-refractivity contribution in [2.24, 2.45) is 0 Å². The molecule has 0 aliphatic carbocycles. The highest BCUT2D eigenvalue weighted by atomic mass is 19.1. The van der Waals surface area contributed by atoms with E-state index in [9.17, 15) is 4.39 Å². The third-order valence-electron chi connectivity index (χ3n) is 4.13. The van der Waals surface area contributed by atoms with E-state index < -0.39 is 0 Å². The number of benzene rings is 2. The largest absolute Gasteiger partial charge is 0.370 e. The Kier molecular flexibility index (Phi) is 5.79. The Balaban J connectivity index is 1.66. The average Bonchev–Trinajstić information content (AvgIpc) is 2.63. The molecule has 0 unspecified atom stereocenters. The minimum absolute atomic E-state index is 0.212. The number of aromatic nitrogens is 2. The molecule has 134 valence electrons. The van der Waals surface area contributed by atoms with Crippen LogP contribution < -0.4 is 10.6 Å².